The van der Waals surface area contributed by atoms with Gasteiger partial charge in [0.2, 0.25) is 11.3 Å². The van der Waals surface area contributed by atoms with Gasteiger partial charge in [-0.25, -0.2) is 8.78 Å². The maximum atomic E-state index is 14.8. The number of alkyl halides is 8. The van der Waals surface area contributed by atoms with Crippen molar-refractivity contribution in [3.05, 3.63) is 12.7 Å². The molecule has 9 heteroatoms. The van der Waals surface area contributed by atoms with E-state index in [4.69, 9.17) is 4.74 Å². The molecular weight excluding hydrogens is 324 g/mol. The van der Waals surface area contributed by atoms with E-state index in [-0.39, 0.29) is 6.61 Å². The Balaban J connectivity index is 2.13. The lowest BCUT2D eigenvalue weighted by atomic mass is 9.73. The molecule has 3 rings (SSSR count). The molecule has 22 heavy (non-hydrogen) atoms. The van der Waals surface area contributed by atoms with E-state index < -0.39 is 59.9 Å². The van der Waals surface area contributed by atoms with Crippen molar-refractivity contribution >= 4 is 0 Å². The van der Waals surface area contributed by atoms with Crippen molar-refractivity contribution in [3.63, 3.8) is 0 Å². The molecule has 0 aliphatic heterocycles. The molecule has 3 aliphatic carbocycles. The fourth-order valence-corrected chi connectivity index (χ4v) is 4.29. The summed E-state index contributed by atoms with van der Waals surface area (Å²) in [5, 5.41) is 0. The second-order valence-corrected chi connectivity index (χ2v) is 6.08. The average molecular weight is 336 g/mol. The van der Waals surface area contributed by atoms with Gasteiger partial charge in [0, 0.05) is 11.8 Å². The second-order valence-electron chi connectivity index (χ2n) is 6.08. The van der Waals surface area contributed by atoms with Crippen LogP contribution in [0.5, 0.6) is 0 Å². The van der Waals surface area contributed by atoms with Crippen molar-refractivity contribution in [2.24, 2.45) is 11.8 Å². The highest BCUT2D eigenvalue weighted by atomic mass is 19.4. The first-order valence-electron chi connectivity index (χ1n) is 6.65. The molecule has 0 aromatic rings. The Morgan fingerprint density at radius 2 is 1.41 bits per heavy atom. The number of ether oxygens (including phenoxy) is 1. The van der Waals surface area contributed by atoms with Crippen molar-refractivity contribution in [1.82, 2.24) is 0 Å². The zero-order valence-corrected chi connectivity index (χ0v) is 11.1. The van der Waals surface area contributed by atoms with Gasteiger partial charge >= 0.3 is 17.8 Å². The summed E-state index contributed by atoms with van der Waals surface area (Å²) in [5.41, 5.74) is -9.27. The highest BCUT2D eigenvalue weighted by Gasteiger charge is 3.04. The van der Waals surface area contributed by atoms with Gasteiger partial charge in [0.25, 0.3) is 0 Å². The monoisotopic (exact) mass is 336 g/mol. The topological polar surface area (TPSA) is 9.23 Å². The summed E-state index contributed by atoms with van der Waals surface area (Å²) in [7, 11) is 0. The van der Waals surface area contributed by atoms with Gasteiger partial charge < -0.3 is 4.74 Å². The SMILES string of the molecule is C=CCOC1CC2CC1C1(F)C(F)(F)C(F)(F)C(F)(F)C21F. The lowest BCUT2D eigenvalue weighted by Crippen LogP contribution is -2.63. The summed E-state index contributed by atoms with van der Waals surface area (Å²) in [5.74, 6) is -21.7. The molecule has 126 valence electrons. The molecule has 0 aromatic heterocycles. The molecule has 0 radical (unpaired) electrons. The van der Waals surface area contributed by atoms with E-state index in [1.54, 1.807) is 0 Å². The fourth-order valence-electron chi connectivity index (χ4n) is 4.29. The molecule has 1 nitrogen and oxygen atoms in total. The molecule has 2 bridgehead atoms. The smallest absolute Gasteiger partial charge is 0.374 e. The van der Waals surface area contributed by atoms with Crippen LogP contribution < -0.4 is 0 Å². The summed E-state index contributed by atoms with van der Waals surface area (Å²) in [6.07, 6.45) is -1.32. The van der Waals surface area contributed by atoms with Gasteiger partial charge in [-0.2, -0.15) is 26.3 Å². The van der Waals surface area contributed by atoms with Gasteiger partial charge in [-0.3, -0.25) is 0 Å². The minimum Gasteiger partial charge on any atom is -0.374 e. The van der Waals surface area contributed by atoms with Gasteiger partial charge in [0.05, 0.1) is 12.7 Å². The van der Waals surface area contributed by atoms with Crippen LogP contribution in [0.4, 0.5) is 35.1 Å². The predicted octanol–water partition coefficient (Wildman–Crippen LogP) is 3.93. The molecule has 3 fully saturated rings. The number of rotatable bonds is 3. The fraction of sp³-hybridized carbons (Fsp3) is 0.846. The molecular formula is C13H12F8O. The van der Waals surface area contributed by atoms with Crippen molar-refractivity contribution in [1.29, 1.82) is 0 Å². The Hall–Kier alpha value is -0.860. The van der Waals surface area contributed by atoms with E-state index in [0.29, 0.717) is 0 Å². The molecule has 3 saturated carbocycles. The molecule has 0 saturated heterocycles. The quantitative estimate of drug-likeness (QED) is 0.560. The van der Waals surface area contributed by atoms with Gasteiger partial charge in [-0.15, -0.1) is 6.58 Å². The molecule has 0 heterocycles. The molecule has 0 aromatic carbocycles. The van der Waals surface area contributed by atoms with Crippen LogP contribution in [-0.2, 0) is 4.74 Å². The molecule has 5 atom stereocenters. The zero-order valence-electron chi connectivity index (χ0n) is 11.1. The zero-order chi connectivity index (χ0) is 16.8. The molecule has 5 unspecified atom stereocenters. The first-order chi connectivity index (χ1) is 9.91. The Bertz CT molecular complexity index is 520. The number of hydrogen-bond donors (Lipinski definition) is 0. The van der Waals surface area contributed by atoms with E-state index in [9.17, 15) is 35.1 Å². The molecule has 0 N–H and O–H groups in total. The highest BCUT2D eigenvalue weighted by molar-refractivity contribution is 5.39. The van der Waals surface area contributed by atoms with Crippen molar-refractivity contribution < 1.29 is 39.9 Å². The lowest BCUT2D eigenvalue weighted by molar-refractivity contribution is -0.298. The summed E-state index contributed by atoms with van der Waals surface area (Å²) >= 11 is 0. The van der Waals surface area contributed by atoms with E-state index in [1.165, 1.54) is 6.08 Å². The van der Waals surface area contributed by atoms with Crippen molar-refractivity contribution in [2.45, 2.75) is 48.1 Å². The normalized spacial score (nSPS) is 50.1. The van der Waals surface area contributed by atoms with Crippen molar-refractivity contribution in [3.8, 4) is 0 Å². The number of hydrogen-bond acceptors (Lipinski definition) is 1. The highest BCUT2D eigenvalue weighted by Crippen LogP contribution is 2.79. The molecule has 0 amide bonds. The van der Waals surface area contributed by atoms with Crippen LogP contribution in [0.15, 0.2) is 12.7 Å². The largest absolute Gasteiger partial charge is 0.378 e. The minimum absolute atomic E-state index is 0.207. The Morgan fingerprint density at radius 1 is 0.864 bits per heavy atom. The van der Waals surface area contributed by atoms with Crippen molar-refractivity contribution in [2.75, 3.05) is 6.61 Å². The molecule has 3 aliphatic rings. The van der Waals surface area contributed by atoms with Gasteiger partial charge in [0.15, 0.2) is 0 Å². The number of halogens is 8. The Labute approximate surface area is 120 Å². The first kappa shape index (κ1) is 16.0. The van der Waals surface area contributed by atoms with Crippen LogP contribution in [0.2, 0.25) is 0 Å². The number of fused-ring (bicyclic) bond motifs is 5. The lowest BCUT2D eigenvalue weighted by Gasteiger charge is -2.42. The summed E-state index contributed by atoms with van der Waals surface area (Å²) in [4.78, 5) is 0. The predicted molar refractivity (Wildman–Crippen MR) is 58.7 cm³/mol. The van der Waals surface area contributed by atoms with Gasteiger partial charge in [-0.1, -0.05) is 6.08 Å². The summed E-state index contributed by atoms with van der Waals surface area (Å²) in [6, 6.07) is 0. The standard InChI is InChI=1S/C13H12F8O/c1-2-3-22-8-5-6-4-7(8)10(15)9(6,14)11(16,17)13(20,21)12(10,18)19/h2,6-8H,1,3-5H2. The first-order valence-corrected chi connectivity index (χ1v) is 6.65. The third-order valence-electron chi connectivity index (χ3n) is 5.24. The average Bonchev–Trinajstić information content (AvgIpc) is 2.96. The minimum atomic E-state index is -6.10. The van der Waals surface area contributed by atoms with Gasteiger partial charge in [0.1, 0.15) is 0 Å². The third-order valence-corrected chi connectivity index (χ3v) is 5.24. The van der Waals surface area contributed by atoms with E-state index >= 15 is 0 Å². The van der Waals surface area contributed by atoms with E-state index in [0.717, 1.165) is 0 Å². The second kappa shape index (κ2) is 3.96. The third kappa shape index (κ3) is 1.21. The van der Waals surface area contributed by atoms with Crippen LogP contribution in [0, 0.1) is 11.8 Å². The van der Waals surface area contributed by atoms with E-state index in [2.05, 4.69) is 6.58 Å². The van der Waals surface area contributed by atoms with Crippen LogP contribution in [-0.4, -0.2) is 41.8 Å². The van der Waals surface area contributed by atoms with E-state index in [1.807, 2.05) is 0 Å². The maximum Gasteiger partial charge on any atom is 0.378 e. The van der Waals surface area contributed by atoms with Crippen LogP contribution in [0.25, 0.3) is 0 Å². The summed E-state index contributed by atoms with van der Waals surface area (Å²) < 4.78 is 117. The maximum absolute atomic E-state index is 14.8. The Morgan fingerprint density at radius 3 is 1.95 bits per heavy atom. The van der Waals surface area contributed by atoms with Crippen LogP contribution in [0.3, 0.4) is 0 Å². The van der Waals surface area contributed by atoms with Crippen LogP contribution >= 0.6 is 0 Å². The molecule has 0 spiro atoms. The summed E-state index contributed by atoms with van der Waals surface area (Å²) in [6.45, 7) is 3.07. The van der Waals surface area contributed by atoms with Gasteiger partial charge in [-0.05, 0) is 12.8 Å². The Kier molecular flexibility index (Phi) is 2.89. The van der Waals surface area contributed by atoms with Crippen LogP contribution in [0.1, 0.15) is 12.8 Å².